The SMILES string of the molecule is Nc1cc2ccc1O[C@H]1CCN(Cc3ccccc3)[C@@H]1C(=O)N[C@@H](Cc1ccccc1)C(=O)NC[C@@H]2O. The van der Waals surface area contributed by atoms with E-state index in [2.05, 4.69) is 15.5 Å². The lowest BCUT2D eigenvalue weighted by Crippen LogP contribution is -2.56. The number of nitrogens with one attached hydrogen (secondary N) is 2. The molecule has 0 spiro atoms. The van der Waals surface area contributed by atoms with Crippen LogP contribution >= 0.6 is 0 Å². The third-order valence-corrected chi connectivity index (χ3v) is 7.03. The van der Waals surface area contributed by atoms with Crippen LogP contribution < -0.4 is 21.1 Å². The number of carbonyl (C=O) groups excluding carboxylic acids is 2. The summed E-state index contributed by atoms with van der Waals surface area (Å²) < 4.78 is 6.31. The summed E-state index contributed by atoms with van der Waals surface area (Å²) in [6.07, 6.45) is -0.446. The topological polar surface area (TPSA) is 117 Å². The van der Waals surface area contributed by atoms with Crippen LogP contribution in [0.25, 0.3) is 0 Å². The van der Waals surface area contributed by atoms with Crippen LogP contribution in [0.4, 0.5) is 5.69 Å². The summed E-state index contributed by atoms with van der Waals surface area (Å²) >= 11 is 0. The highest BCUT2D eigenvalue weighted by Crippen LogP contribution is 2.31. The van der Waals surface area contributed by atoms with Crippen LogP contribution in [-0.2, 0) is 22.6 Å². The van der Waals surface area contributed by atoms with Gasteiger partial charge in [0.2, 0.25) is 11.8 Å². The summed E-state index contributed by atoms with van der Waals surface area (Å²) in [5.41, 5.74) is 9.23. The number of benzene rings is 3. The maximum atomic E-state index is 13.8. The van der Waals surface area contributed by atoms with Gasteiger partial charge in [-0.2, -0.15) is 0 Å². The Labute approximate surface area is 216 Å². The summed E-state index contributed by atoms with van der Waals surface area (Å²) in [6, 6.07) is 23.2. The minimum absolute atomic E-state index is 0.00811. The smallest absolute Gasteiger partial charge is 0.243 e. The van der Waals surface area contributed by atoms with Crippen molar-refractivity contribution in [3.8, 4) is 5.75 Å². The van der Waals surface area contributed by atoms with Gasteiger partial charge >= 0.3 is 0 Å². The third-order valence-electron chi connectivity index (χ3n) is 7.03. The summed E-state index contributed by atoms with van der Waals surface area (Å²) in [5.74, 6) is -0.160. The van der Waals surface area contributed by atoms with Gasteiger partial charge in [0.25, 0.3) is 0 Å². The van der Waals surface area contributed by atoms with Gasteiger partial charge in [0.1, 0.15) is 23.9 Å². The van der Waals surface area contributed by atoms with Gasteiger partial charge in [-0.3, -0.25) is 14.5 Å². The molecule has 1 fully saturated rings. The highest BCUT2D eigenvalue weighted by molar-refractivity contribution is 5.90. The first-order chi connectivity index (χ1) is 18.0. The number of aliphatic hydroxyl groups excluding tert-OH is 1. The minimum atomic E-state index is -0.947. The van der Waals surface area contributed by atoms with Crippen LogP contribution in [0, 0.1) is 0 Å². The Kier molecular flexibility index (Phi) is 7.39. The standard InChI is InChI=1S/C29H32N4O4/c30-22-16-21-11-12-25(22)37-26-13-14-33(18-20-9-5-2-6-10-20)27(26)29(36)32-23(28(35)31-17-24(21)34)15-19-7-3-1-4-8-19/h1-12,16,23-24,26-27,34H,13-15,17-18,30H2,(H,31,35)(H,32,36)/t23-,24-,26-,27-/m0/s1. The zero-order chi connectivity index (χ0) is 25.8. The molecule has 3 aliphatic rings. The van der Waals surface area contributed by atoms with E-state index < -0.39 is 24.3 Å². The van der Waals surface area contributed by atoms with Crippen LogP contribution in [0.3, 0.4) is 0 Å². The number of ether oxygens (including phenoxy) is 1. The van der Waals surface area contributed by atoms with Crippen molar-refractivity contribution < 1.29 is 19.4 Å². The lowest BCUT2D eigenvalue weighted by molar-refractivity contribution is -0.133. The van der Waals surface area contributed by atoms with Crippen LogP contribution in [0.2, 0.25) is 0 Å². The molecule has 2 bridgehead atoms. The molecule has 5 N–H and O–H groups in total. The average molecular weight is 501 g/mol. The Morgan fingerprint density at radius 3 is 2.35 bits per heavy atom. The van der Waals surface area contributed by atoms with Crippen molar-refractivity contribution in [2.45, 2.75) is 43.7 Å². The van der Waals surface area contributed by atoms with E-state index in [0.717, 1.165) is 11.1 Å². The summed E-state index contributed by atoms with van der Waals surface area (Å²) in [5, 5.41) is 16.4. The molecule has 0 unspecified atom stereocenters. The van der Waals surface area contributed by atoms with Crippen molar-refractivity contribution in [2.75, 3.05) is 18.8 Å². The highest BCUT2D eigenvalue weighted by atomic mass is 16.5. The molecular formula is C29H32N4O4. The van der Waals surface area contributed by atoms with E-state index >= 15 is 0 Å². The second-order valence-electron chi connectivity index (χ2n) is 9.65. The Morgan fingerprint density at radius 2 is 1.65 bits per heavy atom. The quantitative estimate of drug-likeness (QED) is 0.408. The highest BCUT2D eigenvalue weighted by Gasteiger charge is 2.42. The second kappa shape index (κ2) is 11.0. The Balaban J connectivity index is 1.48. The fourth-order valence-electron chi connectivity index (χ4n) is 5.08. The molecular weight excluding hydrogens is 468 g/mol. The van der Waals surface area contributed by atoms with Gasteiger partial charge < -0.3 is 26.2 Å². The van der Waals surface area contributed by atoms with E-state index in [1.54, 1.807) is 18.2 Å². The molecule has 1 saturated heterocycles. The number of carbonyl (C=O) groups is 2. The normalized spacial score (nSPS) is 24.5. The first-order valence-corrected chi connectivity index (χ1v) is 12.6. The van der Waals surface area contributed by atoms with E-state index in [1.165, 1.54) is 0 Å². The van der Waals surface area contributed by atoms with Crippen molar-refractivity contribution in [1.29, 1.82) is 0 Å². The number of amides is 2. The zero-order valence-corrected chi connectivity index (χ0v) is 20.5. The van der Waals surface area contributed by atoms with Gasteiger partial charge in [-0.05, 0) is 35.2 Å². The summed E-state index contributed by atoms with van der Waals surface area (Å²) in [7, 11) is 0. The number of hydrogen-bond donors (Lipinski definition) is 4. The van der Waals surface area contributed by atoms with Gasteiger partial charge in [-0.1, -0.05) is 66.7 Å². The number of aliphatic hydroxyl groups is 1. The van der Waals surface area contributed by atoms with Gasteiger partial charge in [-0.25, -0.2) is 0 Å². The van der Waals surface area contributed by atoms with Gasteiger partial charge in [0.15, 0.2) is 0 Å². The lowest BCUT2D eigenvalue weighted by Gasteiger charge is -2.30. The number of rotatable bonds is 4. The maximum absolute atomic E-state index is 13.8. The van der Waals surface area contributed by atoms with Crippen LogP contribution in [-0.4, -0.2) is 53.1 Å². The number of fused-ring (bicyclic) bond motifs is 8. The molecule has 6 rings (SSSR count). The van der Waals surface area contributed by atoms with Crippen LogP contribution in [0.5, 0.6) is 5.75 Å². The summed E-state index contributed by atoms with van der Waals surface area (Å²) in [4.78, 5) is 29.2. The number of nitrogens with two attached hydrogens (primary N) is 1. The predicted octanol–water partition coefficient (Wildman–Crippen LogP) is 2.18. The molecule has 0 saturated carbocycles. The van der Waals surface area contributed by atoms with E-state index in [0.29, 0.717) is 42.9 Å². The number of nitrogens with zero attached hydrogens (tertiary/aromatic N) is 1. The molecule has 3 aromatic carbocycles. The van der Waals surface area contributed by atoms with Crippen molar-refractivity contribution in [2.24, 2.45) is 0 Å². The summed E-state index contributed by atoms with van der Waals surface area (Å²) in [6.45, 7) is 1.23. The van der Waals surface area contributed by atoms with Gasteiger partial charge in [0, 0.05) is 26.1 Å². The monoisotopic (exact) mass is 500 g/mol. The van der Waals surface area contributed by atoms with Crippen molar-refractivity contribution >= 4 is 17.5 Å². The lowest BCUT2D eigenvalue weighted by atomic mass is 10.0. The van der Waals surface area contributed by atoms with E-state index in [4.69, 9.17) is 10.5 Å². The maximum Gasteiger partial charge on any atom is 0.243 e. The first-order valence-electron chi connectivity index (χ1n) is 12.6. The molecule has 37 heavy (non-hydrogen) atoms. The number of nitrogen functional groups attached to an aromatic ring is 1. The number of anilines is 1. The molecule has 3 aromatic rings. The van der Waals surface area contributed by atoms with E-state index in [9.17, 15) is 14.7 Å². The largest absolute Gasteiger partial charge is 0.486 e. The van der Waals surface area contributed by atoms with Crippen molar-refractivity contribution in [3.05, 3.63) is 95.6 Å². The Hall–Kier alpha value is -3.88. The molecule has 8 heteroatoms. The molecule has 8 nitrogen and oxygen atoms in total. The first kappa shape index (κ1) is 24.8. The third kappa shape index (κ3) is 5.76. The molecule has 0 aromatic heterocycles. The fraction of sp³-hybridized carbons (Fsp3) is 0.310. The zero-order valence-electron chi connectivity index (χ0n) is 20.5. The Morgan fingerprint density at radius 1 is 0.946 bits per heavy atom. The molecule has 3 heterocycles. The number of likely N-dealkylation sites (tertiary alicyclic amines) is 1. The van der Waals surface area contributed by atoms with Crippen LogP contribution in [0.1, 0.15) is 29.2 Å². The molecule has 2 amide bonds. The van der Waals surface area contributed by atoms with Crippen LogP contribution in [0.15, 0.2) is 78.9 Å². The predicted molar refractivity (Wildman–Crippen MR) is 141 cm³/mol. The van der Waals surface area contributed by atoms with Gasteiger partial charge in [0.05, 0.1) is 11.8 Å². The van der Waals surface area contributed by atoms with Crippen molar-refractivity contribution in [3.63, 3.8) is 0 Å². The minimum Gasteiger partial charge on any atom is -0.486 e. The molecule has 192 valence electrons. The van der Waals surface area contributed by atoms with Crippen molar-refractivity contribution in [1.82, 2.24) is 15.5 Å². The molecule has 0 radical (unpaired) electrons. The molecule has 4 atom stereocenters. The molecule has 3 aliphatic heterocycles. The second-order valence-corrected chi connectivity index (χ2v) is 9.65. The van der Waals surface area contributed by atoms with E-state index in [-0.39, 0.29) is 18.4 Å². The van der Waals surface area contributed by atoms with Gasteiger partial charge in [-0.15, -0.1) is 0 Å². The Bertz CT molecular complexity index is 1240. The van der Waals surface area contributed by atoms with E-state index in [1.807, 2.05) is 60.7 Å². The number of hydrogen-bond acceptors (Lipinski definition) is 6. The fourth-order valence-corrected chi connectivity index (χ4v) is 5.08. The molecule has 0 aliphatic carbocycles. The average Bonchev–Trinajstić information content (AvgIpc) is 3.30.